The summed E-state index contributed by atoms with van der Waals surface area (Å²) in [4.78, 5) is 8.92. The molecule has 0 spiro atoms. The number of aromatic nitrogens is 2. The molecule has 0 bridgehead atoms. The molecule has 1 aromatic carbocycles. The summed E-state index contributed by atoms with van der Waals surface area (Å²) in [6.07, 6.45) is 5.84. The number of fused-ring (bicyclic) bond motifs is 1. The third kappa shape index (κ3) is 2.90. The molecule has 0 amide bonds. The molecule has 1 unspecified atom stereocenters. The maximum absolute atomic E-state index is 5.94. The van der Waals surface area contributed by atoms with E-state index in [2.05, 4.69) is 40.4 Å². The van der Waals surface area contributed by atoms with E-state index in [1.807, 2.05) is 19.3 Å². The topological polar surface area (TPSA) is 47.0 Å². The van der Waals surface area contributed by atoms with Crippen LogP contribution in [0.1, 0.15) is 41.9 Å². The van der Waals surface area contributed by atoms with Crippen LogP contribution in [0.4, 0.5) is 0 Å². The van der Waals surface area contributed by atoms with E-state index in [0.29, 0.717) is 0 Å². The summed E-state index contributed by atoms with van der Waals surface area (Å²) in [7, 11) is 0. The summed E-state index contributed by atoms with van der Waals surface area (Å²) in [5, 5.41) is 3.50. The predicted octanol–water partition coefficient (Wildman–Crippen LogP) is 2.81. The van der Waals surface area contributed by atoms with Crippen molar-refractivity contribution in [2.24, 2.45) is 0 Å². The van der Waals surface area contributed by atoms with Crippen LogP contribution >= 0.6 is 0 Å². The number of nitrogens with zero attached hydrogens (tertiary/aromatic N) is 2. The Bertz CT molecular complexity index is 610. The van der Waals surface area contributed by atoms with Crippen LogP contribution in [0, 0.1) is 6.92 Å². The van der Waals surface area contributed by atoms with E-state index in [1.54, 1.807) is 0 Å². The van der Waals surface area contributed by atoms with Crippen molar-refractivity contribution in [1.29, 1.82) is 0 Å². The Balaban J connectivity index is 2.03. The van der Waals surface area contributed by atoms with E-state index in [4.69, 9.17) is 4.74 Å². The van der Waals surface area contributed by atoms with Gasteiger partial charge in [0.2, 0.25) is 0 Å². The first-order chi connectivity index (χ1) is 10.3. The fourth-order valence-electron chi connectivity index (χ4n) is 2.77. The van der Waals surface area contributed by atoms with E-state index >= 15 is 0 Å². The zero-order valence-electron chi connectivity index (χ0n) is 12.6. The lowest BCUT2D eigenvalue weighted by molar-refractivity contribution is 0.283. The second-order valence-corrected chi connectivity index (χ2v) is 5.36. The zero-order valence-corrected chi connectivity index (χ0v) is 12.6. The minimum Gasteiger partial charge on any atom is -0.493 e. The highest BCUT2D eigenvalue weighted by Crippen LogP contribution is 2.34. The lowest BCUT2D eigenvalue weighted by Gasteiger charge is -2.25. The Morgan fingerprint density at radius 2 is 2.19 bits per heavy atom. The minimum atomic E-state index is 0.0242. The molecule has 0 saturated carbocycles. The lowest BCUT2D eigenvalue weighted by atomic mass is 9.96. The van der Waals surface area contributed by atoms with E-state index < -0.39 is 0 Å². The molecule has 4 nitrogen and oxygen atoms in total. The van der Waals surface area contributed by atoms with Crippen molar-refractivity contribution in [3.05, 3.63) is 53.1 Å². The van der Waals surface area contributed by atoms with Gasteiger partial charge in [-0.1, -0.05) is 25.1 Å². The fraction of sp³-hybridized carbons (Fsp3) is 0.412. The molecular weight excluding hydrogens is 262 g/mol. The zero-order chi connectivity index (χ0) is 14.7. The number of nitrogens with one attached hydrogen (secondary N) is 1. The number of hydrogen-bond donors (Lipinski definition) is 1. The summed E-state index contributed by atoms with van der Waals surface area (Å²) < 4.78 is 5.94. The third-order valence-corrected chi connectivity index (χ3v) is 3.78. The molecule has 1 N–H and O–H groups in total. The average Bonchev–Trinajstić information content (AvgIpc) is 2.53. The van der Waals surface area contributed by atoms with Gasteiger partial charge in [0.25, 0.3) is 0 Å². The molecule has 110 valence electrons. The molecule has 2 heterocycles. The Labute approximate surface area is 125 Å². The highest BCUT2D eigenvalue weighted by Gasteiger charge is 2.22. The molecule has 4 heteroatoms. The van der Waals surface area contributed by atoms with E-state index in [1.165, 1.54) is 5.56 Å². The van der Waals surface area contributed by atoms with Crippen molar-refractivity contribution in [2.75, 3.05) is 13.2 Å². The fourth-order valence-corrected chi connectivity index (χ4v) is 2.77. The van der Waals surface area contributed by atoms with Crippen LogP contribution in [0.3, 0.4) is 0 Å². The number of rotatable bonds is 4. The van der Waals surface area contributed by atoms with Crippen LogP contribution in [0.2, 0.25) is 0 Å². The quantitative estimate of drug-likeness (QED) is 0.937. The van der Waals surface area contributed by atoms with Gasteiger partial charge in [-0.05, 0) is 31.9 Å². The summed E-state index contributed by atoms with van der Waals surface area (Å²) in [6.45, 7) is 5.71. The predicted molar refractivity (Wildman–Crippen MR) is 82.5 cm³/mol. The van der Waals surface area contributed by atoms with Crippen LogP contribution in [0.5, 0.6) is 5.75 Å². The van der Waals surface area contributed by atoms with Gasteiger partial charge < -0.3 is 10.1 Å². The number of aryl methyl sites for hydroxylation is 2. The van der Waals surface area contributed by atoms with Crippen LogP contribution in [0.15, 0.2) is 30.6 Å². The van der Waals surface area contributed by atoms with Crippen molar-refractivity contribution in [3.8, 4) is 5.75 Å². The van der Waals surface area contributed by atoms with E-state index in [0.717, 1.165) is 48.7 Å². The standard InChI is InChI=1S/C17H21N3O/c1-3-18-16(15-11-19-12(2)10-20-15)14-8-4-6-13-7-5-9-21-17(13)14/h4,6,8,10-11,16,18H,3,5,7,9H2,1-2H3. The molecule has 0 radical (unpaired) electrons. The largest absolute Gasteiger partial charge is 0.493 e. The Kier molecular flexibility index (Phi) is 4.15. The van der Waals surface area contributed by atoms with Gasteiger partial charge in [0.15, 0.2) is 0 Å². The van der Waals surface area contributed by atoms with Crippen molar-refractivity contribution in [3.63, 3.8) is 0 Å². The van der Waals surface area contributed by atoms with Gasteiger partial charge in [-0.2, -0.15) is 0 Å². The first-order valence-corrected chi connectivity index (χ1v) is 7.56. The molecular formula is C17H21N3O. The second kappa shape index (κ2) is 6.22. The molecule has 0 fully saturated rings. The van der Waals surface area contributed by atoms with Gasteiger partial charge in [0, 0.05) is 11.8 Å². The van der Waals surface area contributed by atoms with Gasteiger partial charge in [0.1, 0.15) is 5.75 Å². The average molecular weight is 283 g/mol. The van der Waals surface area contributed by atoms with E-state index in [9.17, 15) is 0 Å². The van der Waals surface area contributed by atoms with Crippen molar-refractivity contribution in [2.45, 2.75) is 32.7 Å². The number of benzene rings is 1. The first kappa shape index (κ1) is 14.0. The van der Waals surface area contributed by atoms with E-state index in [-0.39, 0.29) is 6.04 Å². The van der Waals surface area contributed by atoms with Gasteiger partial charge >= 0.3 is 0 Å². The van der Waals surface area contributed by atoms with Crippen LogP contribution in [0.25, 0.3) is 0 Å². The molecule has 1 aliphatic heterocycles. The molecule has 1 aliphatic rings. The van der Waals surface area contributed by atoms with Crippen LogP contribution in [-0.2, 0) is 6.42 Å². The molecule has 1 aromatic heterocycles. The van der Waals surface area contributed by atoms with Gasteiger partial charge in [-0.25, -0.2) is 0 Å². The molecule has 21 heavy (non-hydrogen) atoms. The molecule has 1 atom stereocenters. The first-order valence-electron chi connectivity index (χ1n) is 7.56. The molecule has 3 rings (SSSR count). The SMILES string of the molecule is CCNC(c1cnc(C)cn1)c1cccc2c1OCCC2. The van der Waals surface area contributed by atoms with Gasteiger partial charge in [0.05, 0.1) is 30.2 Å². The number of hydrogen-bond acceptors (Lipinski definition) is 4. The van der Waals surface area contributed by atoms with Crippen molar-refractivity contribution < 1.29 is 4.74 Å². The number of para-hydroxylation sites is 1. The highest BCUT2D eigenvalue weighted by molar-refractivity contribution is 5.46. The Hall–Kier alpha value is -1.94. The number of ether oxygens (including phenoxy) is 1. The summed E-state index contributed by atoms with van der Waals surface area (Å²) in [5.74, 6) is 1.03. The summed E-state index contributed by atoms with van der Waals surface area (Å²) in [5.41, 5.74) is 4.32. The maximum Gasteiger partial charge on any atom is 0.127 e. The second-order valence-electron chi connectivity index (χ2n) is 5.36. The third-order valence-electron chi connectivity index (χ3n) is 3.78. The summed E-state index contributed by atoms with van der Waals surface area (Å²) in [6, 6.07) is 6.41. The maximum atomic E-state index is 5.94. The normalized spacial score (nSPS) is 15.1. The minimum absolute atomic E-state index is 0.0242. The van der Waals surface area contributed by atoms with Crippen LogP contribution < -0.4 is 10.1 Å². The monoisotopic (exact) mass is 283 g/mol. The lowest BCUT2D eigenvalue weighted by Crippen LogP contribution is -2.25. The van der Waals surface area contributed by atoms with Gasteiger partial charge in [-0.3, -0.25) is 9.97 Å². The van der Waals surface area contributed by atoms with Crippen LogP contribution in [-0.4, -0.2) is 23.1 Å². The smallest absolute Gasteiger partial charge is 0.127 e. The molecule has 2 aromatic rings. The summed E-state index contributed by atoms with van der Waals surface area (Å²) >= 11 is 0. The Morgan fingerprint density at radius 3 is 2.95 bits per heavy atom. The molecule has 0 aliphatic carbocycles. The van der Waals surface area contributed by atoms with Crippen molar-refractivity contribution >= 4 is 0 Å². The molecule has 0 saturated heterocycles. The Morgan fingerprint density at radius 1 is 1.29 bits per heavy atom. The highest BCUT2D eigenvalue weighted by atomic mass is 16.5. The van der Waals surface area contributed by atoms with Gasteiger partial charge in [-0.15, -0.1) is 0 Å². The van der Waals surface area contributed by atoms with Crippen molar-refractivity contribution in [1.82, 2.24) is 15.3 Å².